The van der Waals surface area contributed by atoms with Gasteiger partial charge < -0.3 is 9.55 Å². The molecule has 0 aliphatic rings. The predicted molar refractivity (Wildman–Crippen MR) is 93.9 cm³/mol. The summed E-state index contributed by atoms with van der Waals surface area (Å²) in [7, 11) is 4.12. The lowest BCUT2D eigenvalue weighted by molar-refractivity contribution is 0.269. The Labute approximate surface area is 129 Å². The third-order valence-corrected chi connectivity index (χ3v) is 3.31. The lowest BCUT2D eigenvalue weighted by Crippen LogP contribution is -2.46. The van der Waals surface area contributed by atoms with Crippen LogP contribution in [0.15, 0.2) is 54.6 Å². The minimum absolute atomic E-state index is 0. The second kappa shape index (κ2) is 8.65. The Balaban J connectivity index is 0.00000220. The van der Waals surface area contributed by atoms with Crippen LogP contribution < -0.4 is 10.9 Å². The molecule has 0 N–H and O–H groups in total. The summed E-state index contributed by atoms with van der Waals surface area (Å²) in [6.07, 6.45) is 0. The van der Waals surface area contributed by atoms with Gasteiger partial charge in [-0.1, -0.05) is 67.6 Å². The molecule has 3 heteroatoms. The monoisotopic (exact) mass is 283 g/mol. The van der Waals surface area contributed by atoms with Crippen molar-refractivity contribution >= 4 is 17.8 Å². The van der Waals surface area contributed by atoms with Crippen molar-refractivity contribution in [2.75, 3.05) is 27.2 Å². The maximum Gasteiger partial charge on any atom is 0.361 e. The van der Waals surface area contributed by atoms with E-state index >= 15 is 0 Å². The largest absolute Gasteiger partial charge is 0.426 e. The molecule has 2 aromatic carbocycles. The third-order valence-electron chi connectivity index (χ3n) is 3.31. The van der Waals surface area contributed by atoms with E-state index in [1.807, 2.05) is 6.07 Å². The Morgan fingerprint density at radius 3 is 2.05 bits per heavy atom. The minimum atomic E-state index is 0. The topological polar surface area (TPSA) is 12.5 Å². The molecule has 0 amide bonds. The molecule has 2 aromatic rings. The average molecular weight is 283 g/mol. The molecule has 0 aromatic heterocycles. The van der Waals surface area contributed by atoms with E-state index in [1.54, 1.807) is 0 Å². The third kappa shape index (κ3) is 5.37. The van der Waals surface area contributed by atoms with Gasteiger partial charge in [0.2, 0.25) is 0 Å². The van der Waals surface area contributed by atoms with Gasteiger partial charge in [-0.2, -0.15) is 0 Å². The first-order chi connectivity index (χ1) is 9.66. The number of hydrogen-bond donors (Lipinski definition) is 0. The van der Waals surface area contributed by atoms with Crippen LogP contribution in [-0.2, 0) is 4.65 Å². The summed E-state index contributed by atoms with van der Waals surface area (Å²) in [4.78, 5) is 2.14. The maximum atomic E-state index is 6.12. The summed E-state index contributed by atoms with van der Waals surface area (Å²) in [5.74, 6) is 0. The first kappa shape index (κ1) is 17.5. The van der Waals surface area contributed by atoms with Crippen molar-refractivity contribution in [3.05, 3.63) is 60.2 Å². The fraction of sp³-hybridized carbons (Fsp3) is 0.333. The van der Waals surface area contributed by atoms with Crippen molar-refractivity contribution in [2.45, 2.75) is 14.4 Å². The molecule has 0 fully saturated rings. The van der Waals surface area contributed by atoms with Crippen LogP contribution in [0, 0.1) is 6.92 Å². The molecule has 0 spiro atoms. The SMILES string of the molecule is C.Cc1ccc(B(OCCN(C)C)c2ccccc2)cc1. The number of rotatable bonds is 6. The molecule has 0 saturated heterocycles. The van der Waals surface area contributed by atoms with Crippen LogP contribution in [0.3, 0.4) is 0 Å². The van der Waals surface area contributed by atoms with E-state index in [1.165, 1.54) is 16.5 Å². The number of likely N-dealkylation sites (N-methyl/N-ethyl adjacent to an activating group) is 1. The lowest BCUT2D eigenvalue weighted by Gasteiger charge is -2.17. The quantitative estimate of drug-likeness (QED) is 0.754. The minimum Gasteiger partial charge on any atom is -0.426 e. The highest BCUT2D eigenvalue weighted by Crippen LogP contribution is 1.98. The number of hydrogen-bond acceptors (Lipinski definition) is 2. The molecule has 21 heavy (non-hydrogen) atoms. The zero-order valence-corrected chi connectivity index (χ0v) is 12.5. The molecule has 0 bridgehead atoms. The second-order valence-electron chi connectivity index (χ2n) is 5.38. The Morgan fingerprint density at radius 1 is 0.905 bits per heavy atom. The van der Waals surface area contributed by atoms with Gasteiger partial charge in [-0.05, 0) is 31.9 Å². The normalized spacial score (nSPS) is 10.3. The van der Waals surface area contributed by atoms with Gasteiger partial charge in [0.25, 0.3) is 0 Å². The van der Waals surface area contributed by atoms with Gasteiger partial charge in [-0.3, -0.25) is 0 Å². The lowest BCUT2D eigenvalue weighted by atomic mass is 9.55. The van der Waals surface area contributed by atoms with Crippen molar-refractivity contribution in [1.82, 2.24) is 4.90 Å². The van der Waals surface area contributed by atoms with Crippen LogP contribution in [0.1, 0.15) is 13.0 Å². The van der Waals surface area contributed by atoms with E-state index < -0.39 is 0 Å². The standard InChI is InChI=1S/C17H22BNO.CH4/c1-15-9-11-17(12-10-15)18(20-14-13-19(2)3)16-7-5-4-6-8-16;/h4-12H,13-14H2,1-3H3;1H4. The van der Waals surface area contributed by atoms with Crippen molar-refractivity contribution in [3.8, 4) is 0 Å². The number of nitrogens with zero attached hydrogens (tertiary/aromatic N) is 1. The zero-order chi connectivity index (χ0) is 14.4. The molecule has 2 rings (SSSR count). The first-order valence-electron chi connectivity index (χ1n) is 7.04. The zero-order valence-electron chi connectivity index (χ0n) is 12.5. The Hall–Kier alpha value is -1.58. The van der Waals surface area contributed by atoms with Crippen LogP contribution in [0.5, 0.6) is 0 Å². The van der Waals surface area contributed by atoms with Gasteiger partial charge in [0, 0.05) is 13.2 Å². The van der Waals surface area contributed by atoms with Gasteiger partial charge in [0.15, 0.2) is 0 Å². The van der Waals surface area contributed by atoms with Gasteiger partial charge in [0.1, 0.15) is 0 Å². The smallest absolute Gasteiger partial charge is 0.361 e. The van der Waals surface area contributed by atoms with E-state index in [0.717, 1.165) is 13.2 Å². The van der Waals surface area contributed by atoms with Gasteiger partial charge in [-0.15, -0.1) is 0 Å². The Bertz CT molecular complexity index is 511. The van der Waals surface area contributed by atoms with E-state index in [2.05, 4.69) is 74.4 Å². The highest BCUT2D eigenvalue weighted by molar-refractivity contribution is 6.80. The summed E-state index contributed by atoms with van der Waals surface area (Å²) < 4.78 is 6.12. The van der Waals surface area contributed by atoms with Crippen molar-refractivity contribution < 1.29 is 4.65 Å². The maximum absolute atomic E-state index is 6.12. The molecule has 0 atom stereocenters. The fourth-order valence-corrected chi connectivity index (χ4v) is 2.11. The second-order valence-corrected chi connectivity index (χ2v) is 5.38. The molecule has 0 saturated carbocycles. The summed E-state index contributed by atoms with van der Waals surface area (Å²) in [5, 5.41) is 0. The molecule has 0 heterocycles. The number of benzene rings is 2. The van der Waals surface area contributed by atoms with Crippen LogP contribution >= 0.6 is 0 Å². The van der Waals surface area contributed by atoms with E-state index in [0.29, 0.717) is 0 Å². The van der Waals surface area contributed by atoms with Crippen molar-refractivity contribution in [1.29, 1.82) is 0 Å². The molecule has 0 unspecified atom stereocenters. The molecule has 2 nitrogen and oxygen atoms in total. The van der Waals surface area contributed by atoms with Crippen molar-refractivity contribution in [2.24, 2.45) is 0 Å². The summed E-state index contributed by atoms with van der Waals surface area (Å²) in [6.45, 7) is 3.76. The van der Waals surface area contributed by atoms with Gasteiger partial charge in [-0.25, -0.2) is 0 Å². The molecular weight excluding hydrogens is 257 g/mol. The van der Waals surface area contributed by atoms with Crippen LogP contribution in [-0.4, -0.2) is 39.1 Å². The van der Waals surface area contributed by atoms with Gasteiger partial charge in [0.05, 0.1) is 0 Å². The first-order valence-corrected chi connectivity index (χ1v) is 7.04. The van der Waals surface area contributed by atoms with Gasteiger partial charge >= 0.3 is 6.92 Å². The average Bonchev–Trinajstić information content (AvgIpc) is 2.46. The highest BCUT2D eigenvalue weighted by Gasteiger charge is 2.20. The molecule has 0 aliphatic heterocycles. The van der Waals surface area contributed by atoms with Crippen LogP contribution in [0.25, 0.3) is 0 Å². The van der Waals surface area contributed by atoms with Crippen molar-refractivity contribution in [3.63, 3.8) is 0 Å². The van der Waals surface area contributed by atoms with E-state index in [9.17, 15) is 0 Å². The molecular formula is C18H26BNO. The summed E-state index contributed by atoms with van der Waals surface area (Å²) in [6, 6.07) is 19.0. The van der Waals surface area contributed by atoms with Crippen LogP contribution in [0.2, 0.25) is 0 Å². The van der Waals surface area contributed by atoms with E-state index in [-0.39, 0.29) is 14.3 Å². The number of aryl methyl sites for hydroxylation is 1. The van der Waals surface area contributed by atoms with E-state index in [4.69, 9.17) is 4.65 Å². The predicted octanol–water partition coefficient (Wildman–Crippen LogP) is 2.32. The summed E-state index contributed by atoms with van der Waals surface area (Å²) >= 11 is 0. The fourth-order valence-electron chi connectivity index (χ4n) is 2.11. The molecule has 0 radical (unpaired) electrons. The van der Waals surface area contributed by atoms with Crippen LogP contribution in [0.4, 0.5) is 0 Å². The Morgan fingerprint density at radius 2 is 1.48 bits per heavy atom. The summed E-state index contributed by atoms with van der Waals surface area (Å²) in [5.41, 5.74) is 3.68. The molecule has 0 aliphatic carbocycles. The Kier molecular flexibility index (Phi) is 7.20. The highest BCUT2D eigenvalue weighted by atomic mass is 16.4. The molecule has 112 valence electrons.